The molecule has 2 saturated heterocycles. The van der Waals surface area contributed by atoms with Crippen LogP contribution in [-0.4, -0.2) is 56.9 Å². The zero-order valence-corrected chi connectivity index (χ0v) is 14.0. The predicted octanol–water partition coefficient (Wildman–Crippen LogP) is 1.35. The number of benzene rings is 1. The number of nitrogens with zero attached hydrogens (tertiary/aromatic N) is 2. The normalized spacial score (nSPS) is 25.3. The third-order valence-electron chi connectivity index (χ3n) is 4.52. The van der Waals surface area contributed by atoms with E-state index in [0.29, 0.717) is 31.0 Å². The lowest BCUT2D eigenvalue weighted by atomic mass is 10.1. The summed E-state index contributed by atoms with van der Waals surface area (Å²) in [6.45, 7) is 6.74. The minimum Gasteiger partial charge on any atom is -0.378 e. The first-order valence-corrected chi connectivity index (χ1v) is 8.42. The number of morpholine rings is 1. The molecule has 1 aromatic carbocycles. The number of ether oxygens (including phenoxy) is 1. The molecule has 0 amide bonds. The quantitative estimate of drug-likeness (QED) is 0.856. The van der Waals surface area contributed by atoms with Gasteiger partial charge in [0.05, 0.1) is 18.9 Å². The summed E-state index contributed by atoms with van der Waals surface area (Å²) in [6, 6.07) is 6.57. The Morgan fingerprint density at radius 1 is 1.30 bits per heavy atom. The second kappa shape index (κ2) is 7.57. The van der Waals surface area contributed by atoms with Gasteiger partial charge in [-0.05, 0) is 38.1 Å². The van der Waals surface area contributed by atoms with Crippen LogP contribution in [0.3, 0.4) is 0 Å². The number of hydrogen-bond donors (Lipinski definition) is 2. The molecule has 0 aliphatic carbocycles. The van der Waals surface area contributed by atoms with Gasteiger partial charge in [0.2, 0.25) is 0 Å². The van der Waals surface area contributed by atoms with Crippen LogP contribution in [0.4, 0.5) is 10.1 Å². The molecule has 2 aliphatic heterocycles. The number of nitrogens with one attached hydrogen (secondary N) is 2. The number of likely N-dealkylation sites (N-methyl/N-ethyl adjacent to an activating group) is 1. The van der Waals surface area contributed by atoms with E-state index in [-0.39, 0.29) is 5.82 Å². The molecule has 0 aromatic heterocycles. The van der Waals surface area contributed by atoms with Crippen molar-refractivity contribution in [2.45, 2.75) is 32.0 Å². The Labute approximate surface area is 137 Å². The van der Waals surface area contributed by atoms with Crippen LogP contribution < -0.4 is 15.8 Å². The molecule has 2 unspecified atom stereocenters. The molecule has 6 heteroatoms. The second-order valence-electron chi connectivity index (χ2n) is 6.70. The Hall–Kier alpha value is -1.21. The first kappa shape index (κ1) is 16.6. The summed E-state index contributed by atoms with van der Waals surface area (Å²) in [5.41, 5.74) is 8.25. The van der Waals surface area contributed by atoms with Crippen molar-refractivity contribution in [2.24, 2.45) is 0 Å². The summed E-state index contributed by atoms with van der Waals surface area (Å²) < 4.78 is 19.7. The molecule has 1 aromatic rings. The van der Waals surface area contributed by atoms with E-state index in [2.05, 4.69) is 34.6 Å². The van der Waals surface area contributed by atoms with E-state index in [4.69, 9.17) is 4.74 Å². The third kappa shape index (κ3) is 4.41. The van der Waals surface area contributed by atoms with Crippen LogP contribution in [-0.2, 0) is 11.3 Å². The van der Waals surface area contributed by atoms with Gasteiger partial charge in [-0.15, -0.1) is 0 Å². The molecule has 0 bridgehead atoms. The van der Waals surface area contributed by atoms with Gasteiger partial charge in [-0.2, -0.15) is 0 Å². The molecule has 0 radical (unpaired) electrons. The molecule has 2 heterocycles. The Balaban J connectivity index is 1.56. The van der Waals surface area contributed by atoms with E-state index in [9.17, 15) is 4.39 Å². The SMILES string of the molecule is CC1CC(CN(C)Cc2ccc(N3CCOCC3)c(F)c2)NN1. The minimum absolute atomic E-state index is 0.132. The Bertz CT molecular complexity index is 521. The number of rotatable bonds is 5. The van der Waals surface area contributed by atoms with Crippen LogP contribution in [0.15, 0.2) is 18.2 Å². The molecule has 3 rings (SSSR count). The second-order valence-corrected chi connectivity index (χ2v) is 6.70. The highest BCUT2D eigenvalue weighted by atomic mass is 19.1. The third-order valence-corrected chi connectivity index (χ3v) is 4.52. The Morgan fingerprint density at radius 2 is 2.09 bits per heavy atom. The molecule has 0 saturated carbocycles. The van der Waals surface area contributed by atoms with E-state index in [1.54, 1.807) is 6.07 Å². The standard InChI is InChI=1S/C17H27FN4O/c1-13-9-15(20-19-13)12-21(2)11-14-3-4-17(16(18)10-14)22-5-7-23-8-6-22/h3-4,10,13,15,19-20H,5-9,11-12H2,1-2H3. The fraction of sp³-hybridized carbons (Fsp3) is 0.647. The monoisotopic (exact) mass is 322 g/mol. The van der Waals surface area contributed by atoms with Gasteiger partial charge in [-0.1, -0.05) is 6.07 Å². The van der Waals surface area contributed by atoms with Crippen LogP contribution in [0.2, 0.25) is 0 Å². The summed E-state index contributed by atoms with van der Waals surface area (Å²) >= 11 is 0. The van der Waals surface area contributed by atoms with E-state index >= 15 is 0 Å². The van der Waals surface area contributed by atoms with Gasteiger partial charge in [-0.25, -0.2) is 4.39 Å². The fourth-order valence-corrected chi connectivity index (χ4v) is 3.39. The molecule has 23 heavy (non-hydrogen) atoms. The van der Waals surface area contributed by atoms with Gasteiger partial charge in [0.1, 0.15) is 5.82 Å². The number of halogens is 1. The highest BCUT2D eigenvalue weighted by Crippen LogP contribution is 2.22. The zero-order valence-electron chi connectivity index (χ0n) is 14.0. The van der Waals surface area contributed by atoms with E-state index in [1.807, 2.05) is 12.1 Å². The van der Waals surface area contributed by atoms with Gasteiger partial charge >= 0.3 is 0 Å². The van der Waals surface area contributed by atoms with Crippen LogP contribution >= 0.6 is 0 Å². The van der Waals surface area contributed by atoms with Crippen LogP contribution in [0.25, 0.3) is 0 Å². The Kier molecular flexibility index (Phi) is 5.48. The van der Waals surface area contributed by atoms with Gasteiger partial charge < -0.3 is 14.5 Å². The molecule has 2 aliphatic rings. The first-order valence-electron chi connectivity index (χ1n) is 8.42. The van der Waals surface area contributed by atoms with Gasteiger partial charge in [-0.3, -0.25) is 10.9 Å². The lowest BCUT2D eigenvalue weighted by molar-refractivity contribution is 0.122. The molecule has 0 spiro atoms. The fourth-order valence-electron chi connectivity index (χ4n) is 3.39. The largest absolute Gasteiger partial charge is 0.378 e. The average Bonchev–Trinajstić information content (AvgIpc) is 2.93. The van der Waals surface area contributed by atoms with Crippen molar-refractivity contribution < 1.29 is 9.13 Å². The number of hydrazine groups is 1. The smallest absolute Gasteiger partial charge is 0.146 e. The zero-order chi connectivity index (χ0) is 16.2. The van der Waals surface area contributed by atoms with E-state index in [0.717, 1.165) is 38.2 Å². The highest BCUT2D eigenvalue weighted by molar-refractivity contribution is 5.49. The lowest BCUT2D eigenvalue weighted by Crippen LogP contribution is -2.39. The van der Waals surface area contributed by atoms with Crippen LogP contribution in [0.5, 0.6) is 0 Å². The summed E-state index contributed by atoms with van der Waals surface area (Å²) in [5, 5.41) is 0. The molecular weight excluding hydrogens is 295 g/mol. The van der Waals surface area contributed by atoms with Gasteiger partial charge in [0.15, 0.2) is 0 Å². The van der Waals surface area contributed by atoms with Crippen molar-refractivity contribution in [2.75, 3.05) is 44.8 Å². The van der Waals surface area contributed by atoms with Gasteiger partial charge in [0, 0.05) is 38.3 Å². The summed E-state index contributed by atoms with van der Waals surface area (Å²) in [5.74, 6) is -0.132. The molecule has 128 valence electrons. The molecule has 2 fully saturated rings. The van der Waals surface area contributed by atoms with Crippen molar-refractivity contribution >= 4 is 5.69 Å². The van der Waals surface area contributed by atoms with Crippen molar-refractivity contribution in [3.8, 4) is 0 Å². The first-order chi connectivity index (χ1) is 11.1. The summed E-state index contributed by atoms with van der Waals surface area (Å²) in [7, 11) is 2.08. The maximum Gasteiger partial charge on any atom is 0.146 e. The summed E-state index contributed by atoms with van der Waals surface area (Å²) in [6.07, 6.45) is 1.12. The number of anilines is 1. The van der Waals surface area contributed by atoms with Crippen molar-refractivity contribution in [1.29, 1.82) is 0 Å². The van der Waals surface area contributed by atoms with Crippen LogP contribution in [0, 0.1) is 5.82 Å². The molecular formula is C17H27FN4O. The van der Waals surface area contributed by atoms with Crippen molar-refractivity contribution in [3.05, 3.63) is 29.6 Å². The molecule has 2 N–H and O–H groups in total. The van der Waals surface area contributed by atoms with E-state index in [1.165, 1.54) is 0 Å². The van der Waals surface area contributed by atoms with Crippen LogP contribution in [0.1, 0.15) is 18.9 Å². The predicted molar refractivity (Wildman–Crippen MR) is 89.9 cm³/mol. The maximum absolute atomic E-state index is 14.4. The Morgan fingerprint density at radius 3 is 2.74 bits per heavy atom. The molecule has 5 nitrogen and oxygen atoms in total. The van der Waals surface area contributed by atoms with Crippen molar-refractivity contribution in [3.63, 3.8) is 0 Å². The number of hydrogen-bond acceptors (Lipinski definition) is 5. The topological polar surface area (TPSA) is 39.8 Å². The highest BCUT2D eigenvalue weighted by Gasteiger charge is 2.21. The summed E-state index contributed by atoms with van der Waals surface area (Å²) in [4.78, 5) is 4.29. The van der Waals surface area contributed by atoms with E-state index < -0.39 is 0 Å². The lowest BCUT2D eigenvalue weighted by Gasteiger charge is -2.29. The maximum atomic E-state index is 14.4. The van der Waals surface area contributed by atoms with Gasteiger partial charge in [0.25, 0.3) is 0 Å². The van der Waals surface area contributed by atoms with Crippen molar-refractivity contribution in [1.82, 2.24) is 15.8 Å². The average molecular weight is 322 g/mol. The minimum atomic E-state index is -0.132. The molecule has 2 atom stereocenters.